The lowest BCUT2D eigenvalue weighted by Crippen LogP contribution is -2.39. The Morgan fingerprint density at radius 3 is 2.65 bits per heavy atom. The molecule has 0 saturated carbocycles. The van der Waals surface area contributed by atoms with Gasteiger partial charge in [-0.1, -0.05) is 6.07 Å². The summed E-state index contributed by atoms with van der Waals surface area (Å²) < 4.78 is 10.4. The number of carbonyl (C=O) groups is 2. The van der Waals surface area contributed by atoms with E-state index in [2.05, 4.69) is 10.6 Å². The zero-order chi connectivity index (χ0) is 13.7. The van der Waals surface area contributed by atoms with Crippen LogP contribution < -0.4 is 25.8 Å². The number of hydrogen-bond acceptors (Lipinski definition) is 5. The molecule has 0 unspecified atom stereocenters. The molecule has 20 heavy (non-hydrogen) atoms. The number of halogens is 1. The van der Waals surface area contributed by atoms with Crippen LogP contribution in [0.3, 0.4) is 0 Å². The number of carbonyl (C=O) groups excluding carboxylic acids is 2. The third-order valence-electron chi connectivity index (χ3n) is 2.56. The Morgan fingerprint density at radius 1 is 1.15 bits per heavy atom. The third-order valence-corrected chi connectivity index (χ3v) is 2.56. The van der Waals surface area contributed by atoms with Crippen LogP contribution >= 0.6 is 12.4 Å². The number of amides is 2. The molecule has 0 radical (unpaired) electrons. The van der Waals surface area contributed by atoms with Crippen molar-refractivity contribution in [1.29, 1.82) is 0 Å². The summed E-state index contributed by atoms with van der Waals surface area (Å²) in [7, 11) is 0. The molecule has 1 aliphatic heterocycles. The van der Waals surface area contributed by atoms with Crippen molar-refractivity contribution >= 4 is 24.2 Å². The normalized spacial score (nSPS) is 11.4. The SMILES string of the molecule is Cl.NCC(=O)NCC(=O)NCc1ccc2c(c1)OCO2. The lowest BCUT2D eigenvalue weighted by atomic mass is 10.2. The van der Waals surface area contributed by atoms with Crippen molar-refractivity contribution in [3.05, 3.63) is 23.8 Å². The van der Waals surface area contributed by atoms with Crippen LogP contribution in [0.15, 0.2) is 18.2 Å². The number of rotatable bonds is 5. The number of ether oxygens (including phenoxy) is 2. The van der Waals surface area contributed by atoms with Crippen LogP contribution in [0.5, 0.6) is 11.5 Å². The van der Waals surface area contributed by atoms with Crippen molar-refractivity contribution < 1.29 is 19.1 Å². The van der Waals surface area contributed by atoms with Gasteiger partial charge in [0.1, 0.15) is 0 Å². The second-order valence-electron chi connectivity index (χ2n) is 3.95. The van der Waals surface area contributed by atoms with Crippen molar-refractivity contribution in [3.63, 3.8) is 0 Å². The first-order valence-electron chi connectivity index (χ1n) is 5.81. The van der Waals surface area contributed by atoms with Gasteiger partial charge in [0, 0.05) is 6.54 Å². The van der Waals surface area contributed by atoms with Gasteiger partial charge in [0.05, 0.1) is 13.1 Å². The molecular weight excluding hydrogens is 286 g/mol. The molecule has 0 bridgehead atoms. The van der Waals surface area contributed by atoms with Crippen molar-refractivity contribution in [2.75, 3.05) is 19.9 Å². The fourth-order valence-corrected chi connectivity index (χ4v) is 1.57. The predicted molar refractivity (Wildman–Crippen MR) is 73.7 cm³/mol. The average molecular weight is 302 g/mol. The molecule has 2 amide bonds. The maximum Gasteiger partial charge on any atom is 0.239 e. The maximum atomic E-state index is 11.4. The quantitative estimate of drug-likeness (QED) is 0.682. The Kier molecular flexibility index (Phi) is 6.08. The van der Waals surface area contributed by atoms with E-state index in [0.29, 0.717) is 18.0 Å². The van der Waals surface area contributed by atoms with Crippen LogP contribution in [0.25, 0.3) is 0 Å². The number of benzene rings is 1. The van der Waals surface area contributed by atoms with Gasteiger partial charge < -0.3 is 25.8 Å². The summed E-state index contributed by atoms with van der Waals surface area (Å²) >= 11 is 0. The highest BCUT2D eigenvalue weighted by atomic mass is 35.5. The molecule has 1 aliphatic rings. The first kappa shape index (κ1) is 16.1. The number of nitrogens with two attached hydrogens (primary N) is 1. The molecule has 0 atom stereocenters. The summed E-state index contributed by atoms with van der Waals surface area (Å²) in [6, 6.07) is 5.44. The largest absolute Gasteiger partial charge is 0.454 e. The van der Waals surface area contributed by atoms with E-state index in [4.69, 9.17) is 15.2 Å². The van der Waals surface area contributed by atoms with E-state index in [9.17, 15) is 9.59 Å². The second kappa shape index (κ2) is 7.56. The Balaban J connectivity index is 0.00000200. The van der Waals surface area contributed by atoms with Crippen LogP contribution in [0, 0.1) is 0 Å². The van der Waals surface area contributed by atoms with Crippen molar-refractivity contribution in [2.45, 2.75) is 6.54 Å². The van der Waals surface area contributed by atoms with Gasteiger partial charge in [-0.25, -0.2) is 0 Å². The Labute approximate surface area is 122 Å². The van der Waals surface area contributed by atoms with Gasteiger partial charge in [-0.15, -0.1) is 12.4 Å². The highest BCUT2D eigenvalue weighted by molar-refractivity contribution is 5.85. The number of fused-ring (bicyclic) bond motifs is 1. The molecule has 0 fully saturated rings. The second-order valence-corrected chi connectivity index (χ2v) is 3.95. The third kappa shape index (κ3) is 4.29. The van der Waals surface area contributed by atoms with E-state index in [1.807, 2.05) is 6.07 Å². The minimum Gasteiger partial charge on any atom is -0.454 e. The maximum absolute atomic E-state index is 11.4. The minimum atomic E-state index is -0.363. The van der Waals surface area contributed by atoms with Gasteiger partial charge in [0.15, 0.2) is 11.5 Å². The van der Waals surface area contributed by atoms with Gasteiger partial charge >= 0.3 is 0 Å². The molecular formula is C12H16ClN3O4. The standard InChI is InChI=1S/C12H15N3O4.ClH/c13-4-11(16)15-6-12(17)14-5-8-1-2-9-10(3-8)19-7-18-9;/h1-3H,4-7,13H2,(H,14,17)(H,15,16);1H. The molecule has 1 aromatic rings. The molecule has 2 rings (SSSR count). The van der Waals surface area contributed by atoms with Crippen LogP contribution in [0.2, 0.25) is 0 Å². The highest BCUT2D eigenvalue weighted by Gasteiger charge is 2.13. The van der Waals surface area contributed by atoms with Crippen LogP contribution in [0.4, 0.5) is 0 Å². The molecule has 4 N–H and O–H groups in total. The topological polar surface area (TPSA) is 103 Å². The van der Waals surface area contributed by atoms with E-state index in [1.54, 1.807) is 12.1 Å². The van der Waals surface area contributed by atoms with E-state index in [0.717, 1.165) is 5.56 Å². The summed E-state index contributed by atoms with van der Waals surface area (Å²) in [5.41, 5.74) is 6.00. The molecule has 0 saturated heterocycles. The molecule has 0 spiro atoms. The van der Waals surface area contributed by atoms with E-state index in [1.165, 1.54) is 0 Å². The zero-order valence-corrected chi connectivity index (χ0v) is 11.5. The van der Waals surface area contributed by atoms with E-state index in [-0.39, 0.29) is 44.1 Å². The van der Waals surface area contributed by atoms with E-state index < -0.39 is 0 Å². The summed E-state index contributed by atoms with van der Waals surface area (Å²) in [6.45, 7) is 0.361. The van der Waals surface area contributed by atoms with Crippen LogP contribution in [-0.2, 0) is 16.1 Å². The molecule has 1 heterocycles. The predicted octanol–water partition coefficient (Wildman–Crippen LogP) is -0.472. The lowest BCUT2D eigenvalue weighted by Gasteiger charge is -2.07. The summed E-state index contributed by atoms with van der Waals surface area (Å²) in [6.07, 6.45) is 0. The highest BCUT2D eigenvalue weighted by Crippen LogP contribution is 2.32. The van der Waals surface area contributed by atoms with Gasteiger partial charge in [0.25, 0.3) is 0 Å². The monoisotopic (exact) mass is 301 g/mol. The smallest absolute Gasteiger partial charge is 0.239 e. The first-order valence-corrected chi connectivity index (χ1v) is 5.81. The van der Waals surface area contributed by atoms with Crippen molar-refractivity contribution in [2.24, 2.45) is 5.73 Å². The van der Waals surface area contributed by atoms with Gasteiger partial charge in [-0.3, -0.25) is 9.59 Å². The summed E-state index contributed by atoms with van der Waals surface area (Å²) in [4.78, 5) is 22.3. The Bertz CT molecular complexity index is 496. The molecule has 0 aliphatic carbocycles. The van der Waals surface area contributed by atoms with Gasteiger partial charge in [-0.2, -0.15) is 0 Å². The van der Waals surface area contributed by atoms with E-state index >= 15 is 0 Å². The molecule has 110 valence electrons. The average Bonchev–Trinajstić information content (AvgIpc) is 2.89. The van der Waals surface area contributed by atoms with Crippen LogP contribution in [0.1, 0.15) is 5.56 Å². The fourth-order valence-electron chi connectivity index (χ4n) is 1.57. The van der Waals surface area contributed by atoms with Crippen molar-refractivity contribution in [3.8, 4) is 11.5 Å². The minimum absolute atomic E-state index is 0. The molecule has 1 aromatic carbocycles. The molecule has 8 heteroatoms. The van der Waals surface area contributed by atoms with Gasteiger partial charge in [0.2, 0.25) is 18.6 Å². The zero-order valence-electron chi connectivity index (χ0n) is 10.7. The lowest BCUT2D eigenvalue weighted by molar-refractivity contribution is -0.125. The van der Waals surface area contributed by atoms with Crippen molar-refractivity contribution in [1.82, 2.24) is 10.6 Å². The van der Waals surface area contributed by atoms with Gasteiger partial charge in [-0.05, 0) is 17.7 Å². The Morgan fingerprint density at radius 2 is 1.90 bits per heavy atom. The number of hydrogen-bond donors (Lipinski definition) is 3. The summed E-state index contributed by atoms with van der Waals surface area (Å²) in [5.74, 6) is 0.728. The molecule has 7 nitrogen and oxygen atoms in total. The summed E-state index contributed by atoms with van der Waals surface area (Å²) in [5, 5.41) is 5.07. The molecule has 0 aromatic heterocycles. The Hall–Kier alpha value is -1.99. The van der Waals surface area contributed by atoms with Crippen LogP contribution in [-0.4, -0.2) is 31.7 Å². The number of nitrogens with one attached hydrogen (secondary N) is 2. The first-order chi connectivity index (χ1) is 9.19. The fraction of sp³-hybridized carbons (Fsp3) is 0.333.